The maximum atomic E-state index is 13.9. The number of sulfonamides is 1. The second kappa shape index (κ2) is 9.79. The quantitative estimate of drug-likeness (QED) is 0.282. The summed E-state index contributed by atoms with van der Waals surface area (Å²) in [6.45, 7) is 0.289. The molecule has 0 aromatic heterocycles. The summed E-state index contributed by atoms with van der Waals surface area (Å²) in [5.74, 6) is -5.96. The van der Waals surface area contributed by atoms with Crippen LogP contribution in [0.1, 0.15) is 16.7 Å². The standard InChI is InChI=1S/C28H19F3N2O4S/c29-22-14-24(31)25(15-23(22)30)38(36,37)32-26(34)11-10-19-6-3-7-21-13-27(35)33(28(19)21)16-17-8-9-18-4-1-2-5-20(18)12-17/h1-12,14-15H,13,16H2,(H,32,34)/b11-10+. The number of nitrogens with one attached hydrogen (secondary N) is 1. The van der Waals surface area contributed by atoms with Gasteiger partial charge in [-0.2, -0.15) is 0 Å². The Morgan fingerprint density at radius 2 is 1.63 bits per heavy atom. The fraction of sp³-hybridized carbons (Fsp3) is 0.0714. The SMILES string of the molecule is O=C(/C=C/c1cccc2c1N(Cc1ccc3ccccc3c1)C(=O)C2)NS(=O)(=O)c1cc(F)c(F)cc1F. The molecule has 0 fully saturated rings. The van der Waals surface area contributed by atoms with E-state index >= 15 is 0 Å². The first-order valence-corrected chi connectivity index (χ1v) is 12.9. The van der Waals surface area contributed by atoms with Crippen LogP contribution in [0, 0.1) is 17.5 Å². The number of hydrogen-bond acceptors (Lipinski definition) is 4. The predicted octanol–water partition coefficient (Wildman–Crippen LogP) is 4.86. The van der Waals surface area contributed by atoms with Crippen LogP contribution in [0.4, 0.5) is 18.9 Å². The summed E-state index contributed by atoms with van der Waals surface area (Å²) < 4.78 is 66.9. The molecule has 1 heterocycles. The summed E-state index contributed by atoms with van der Waals surface area (Å²) in [4.78, 5) is 25.6. The molecular weight excluding hydrogens is 517 g/mol. The third-order valence-electron chi connectivity index (χ3n) is 6.13. The van der Waals surface area contributed by atoms with Crippen LogP contribution in [0.2, 0.25) is 0 Å². The van der Waals surface area contributed by atoms with E-state index < -0.39 is 38.3 Å². The van der Waals surface area contributed by atoms with Gasteiger partial charge in [-0.3, -0.25) is 9.59 Å². The highest BCUT2D eigenvalue weighted by atomic mass is 32.2. The van der Waals surface area contributed by atoms with E-state index in [1.54, 1.807) is 27.8 Å². The molecule has 192 valence electrons. The Labute approximate surface area is 216 Å². The molecule has 1 aliphatic rings. The molecule has 4 aromatic rings. The zero-order valence-corrected chi connectivity index (χ0v) is 20.4. The number of carbonyl (C=O) groups is 2. The summed E-state index contributed by atoms with van der Waals surface area (Å²) in [7, 11) is -4.82. The van der Waals surface area contributed by atoms with Crippen molar-refractivity contribution in [1.29, 1.82) is 0 Å². The van der Waals surface area contributed by atoms with E-state index in [1.165, 1.54) is 6.08 Å². The number of fused-ring (bicyclic) bond motifs is 2. The van der Waals surface area contributed by atoms with Gasteiger partial charge in [-0.15, -0.1) is 0 Å². The lowest BCUT2D eigenvalue weighted by Crippen LogP contribution is -2.30. The van der Waals surface area contributed by atoms with Gasteiger partial charge in [0, 0.05) is 18.2 Å². The molecule has 0 unspecified atom stereocenters. The van der Waals surface area contributed by atoms with Gasteiger partial charge in [0.1, 0.15) is 10.7 Å². The molecule has 0 radical (unpaired) electrons. The van der Waals surface area contributed by atoms with Gasteiger partial charge < -0.3 is 4.90 Å². The first-order chi connectivity index (χ1) is 18.1. The fourth-order valence-corrected chi connectivity index (χ4v) is 5.40. The smallest absolute Gasteiger partial charge is 0.267 e. The van der Waals surface area contributed by atoms with Gasteiger partial charge >= 0.3 is 0 Å². The zero-order valence-electron chi connectivity index (χ0n) is 19.6. The lowest BCUT2D eigenvalue weighted by Gasteiger charge is -2.20. The van der Waals surface area contributed by atoms with E-state index in [-0.39, 0.29) is 31.0 Å². The lowest BCUT2D eigenvalue weighted by molar-refractivity contribution is -0.117. The Kier molecular flexibility index (Phi) is 6.50. The van der Waals surface area contributed by atoms with Crippen LogP contribution in [0.3, 0.4) is 0 Å². The molecule has 0 bridgehead atoms. The number of carbonyl (C=O) groups excluding carboxylic acids is 2. The van der Waals surface area contributed by atoms with Crippen LogP contribution in [0.5, 0.6) is 0 Å². The molecule has 5 rings (SSSR count). The first kappa shape index (κ1) is 25.2. The van der Waals surface area contributed by atoms with Gasteiger partial charge in [0.15, 0.2) is 11.6 Å². The van der Waals surface area contributed by atoms with Gasteiger partial charge in [-0.05, 0) is 39.6 Å². The molecule has 0 aliphatic carbocycles. The number of rotatable bonds is 6. The Morgan fingerprint density at radius 3 is 2.42 bits per heavy atom. The van der Waals surface area contributed by atoms with Crippen LogP contribution in [-0.2, 0) is 32.6 Å². The van der Waals surface area contributed by atoms with E-state index in [2.05, 4.69) is 0 Å². The molecule has 38 heavy (non-hydrogen) atoms. The van der Waals surface area contributed by atoms with Crippen LogP contribution < -0.4 is 9.62 Å². The fourth-order valence-electron chi connectivity index (χ4n) is 4.38. The number of nitrogens with zero attached hydrogens (tertiary/aromatic N) is 1. The number of para-hydroxylation sites is 1. The second-order valence-electron chi connectivity index (χ2n) is 8.69. The van der Waals surface area contributed by atoms with E-state index in [9.17, 15) is 31.2 Å². The first-order valence-electron chi connectivity index (χ1n) is 11.4. The van der Waals surface area contributed by atoms with Crippen molar-refractivity contribution in [2.24, 2.45) is 0 Å². The lowest BCUT2D eigenvalue weighted by atomic mass is 10.1. The summed E-state index contributed by atoms with van der Waals surface area (Å²) >= 11 is 0. The third kappa shape index (κ3) is 4.90. The van der Waals surface area contributed by atoms with Gasteiger partial charge in [-0.1, -0.05) is 54.6 Å². The summed E-state index contributed by atoms with van der Waals surface area (Å²) in [5, 5.41) is 2.10. The number of hydrogen-bond donors (Lipinski definition) is 1. The molecule has 1 N–H and O–H groups in total. The average Bonchev–Trinajstić information content (AvgIpc) is 3.19. The molecule has 0 atom stereocenters. The van der Waals surface area contributed by atoms with Crippen molar-refractivity contribution < 1.29 is 31.2 Å². The van der Waals surface area contributed by atoms with Gasteiger partial charge in [-0.25, -0.2) is 26.3 Å². The van der Waals surface area contributed by atoms with Crippen molar-refractivity contribution in [3.05, 3.63) is 113 Å². The molecular formula is C28H19F3N2O4S. The molecule has 10 heteroatoms. The van der Waals surface area contributed by atoms with Crippen molar-refractivity contribution >= 4 is 44.4 Å². The minimum Gasteiger partial charge on any atom is -0.307 e. The maximum absolute atomic E-state index is 13.9. The van der Waals surface area contributed by atoms with E-state index in [0.29, 0.717) is 11.3 Å². The normalized spacial score (nSPS) is 13.3. The molecule has 6 nitrogen and oxygen atoms in total. The van der Waals surface area contributed by atoms with E-state index in [0.717, 1.165) is 28.0 Å². The van der Waals surface area contributed by atoms with E-state index in [4.69, 9.17) is 0 Å². The van der Waals surface area contributed by atoms with Gasteiger partial charge in [0.2, 0.25) is 5.91 Å². The molecule has 1 aliphatic heterocycles. The Hall–Kier alpha value is -4.44. The number of amides is 2. The zero-order chi connectivity index (χ0) is 27.0. The maximum Gasteiger partial charge on any atom is 0.267 e. The van der Waals surface area contributed by atoms with Crippen LogP contribution in [0.15, 0.2) is 83.8 Å². The Balaban J connectivity index is 1.39. The molecule has 0 saturated carbocycles. The van der Waals surface area contributed by atoms with Crippen molar-refractivity contribution in [1.82, 2.24) is 4.72 Å². The number of benzene rings is 4. The van der Waals surface area contributed by atoms with Crippen molar-refractivity contribution in [2.45, 2.75) is 17.9 Å². The third-order valence-corrected chi connectivity index (χ3v) is 7.49. The summed E-state index contributed by atoms with van der Waals surface area (Å²) in [6, 6.07) is 19.1. The number of anilines is 1. The van der Waals surface area contributed by atoms with Crippen molar-refractivity contribution in [2.75, 3.05) is 4.90 Å². The number of halogens is 3. The van der Waals surface area contributed by atoms with Crippen LogP contribution in [-0.4, -0.2) is 20.2 Å². The van der Waals surface area contributed by atoms with Crippen molar-refractivity contribution in [3.8, 4) is 0 Å². The molecule has 0 spiro atoms. The minimum atomic E-state index is -4.82. The van der Waals surface area contributed by atoms with E-state index in [1.807, 2.05) is 42.5 Å². The largest absolute Gasteiger partial charge is 0.307 e. The average molecular weight is 537 g/mol. The van der Waals surface area contributed by atoms with Crippen molar-refractivity contribution in [3.63, 3.8) is 0 Å². The highest BCUT2D eigenvalue weighted by Crippen LogP contribution is 2.35. The highest BCUT2D eigenvalue weighted by Gasteiger charge is 2.29. The topological polar surface area (TPSA) is 83.6 Å². The summed E-state index contributed by atoms with van der Waals surface area (Å²) in [5.41, 5.74) is 2.72. The van der Waals surface area contributed by atoms with Gasteiger partial charge in [0.05, 0.1) is 18.7 Å². The predicted molar refractivity (Wildman–Crippen MR) is 136 cm³/mol. The highest BCUT2D eigenvalue weighted by molar-refractivity contribution is 7.90. The molecule has 2 amide bonds. The van der Waals surface area contributed by atoms with Crippen LogP contribution >= 0.6 is 0 Å². The summed E-state index contributed by atoms with van der Waals surface area (Å²) in [6.07, 6.45) is 2.40. The van der Waals surface area contributed by atoms with Gasteiger partial charge in [0.25, 0.3) is 15.9 Å². The Bertz CT molecular complexity index is 1750. The monoisotopic (exact) mass is 536 g/mol. The molecule has 0 saturated heterocycles. The Morgan fingerprint density at radius 1 is 0.895 bits per heavy atom. The van der Waals surface area contributed by atoms with Crippen LogP contribution in [0.25, 0.3) is 16.8 Å². The second-order valence-corrected chi connectivity index (χ2v) is 10.3. The molecule has 4 aromatic carbocycles. The minimum absolute atomic E-state index is 0.0820.